The van der Waals surface area contributed by atoms with Crippen molar-refractivity contribution in [2.24, 2.45) is 0 Å². The third-order valence-corrected chi connectivity index (χ3v) is 3.91. The molecule has 0 bridgehead atoms. The molecule has 21 heavy (non-hydrogen) atoms. The van der Waals surface area contributed by atoms with E-state index in [1.807, 2.05) is 36.4 Å². The van der Waals surface area contributed by atoms with Gasteiger partial charge in [-0.25, -0.2) is 15.0 Å². The summed E-state index contributed by atoms with van der Waals surface area (Å²) in [6, 6.07) is 11.9. The maximum absolute atomic E-state index is 6.26. The summed E-state index contributed by atoms with van der Waals surface area (Å²) in [5.74, 6) is 0.575. The van der Waals surface area contributed by atoms with Crippen molar-refractivity contribution >= 4 is 22.5 Å². The van der Waals surface area contributed by atoms with Gasteiger partial charge in [-0.05, 0) is 12.1 Å². The number of ether oxygens (including phenoxy) is 1. The van der Waals surface area contributed by atoms with E-state index in [0.717, 1.165) is 34.3 Å². The van der Waals surface area contributed by atoms with Gasteiger partial charge >= 0.3 is 0 Å². The van der Waals surface area contributed by atoms with Gasteiger partial charge in [0.2, 0.25) is 0 Å². The first-order valence-electron chi connectivity index (χ1n) is 6.80. The van der Waals surface area contributed by atoms with Crippen LogP contribution in [-0.2, 0) is 17.8 Å². The molecule has 3 aromatic rings. The smallest absolute Gasteiger partial charge is 0.179 e. The monoisotopic (exact) mass is 297 g/mol. The standard InChI is InChI=1S/C16H12ClN3O/c17-15-11-9-21-8-7-13(11)19-16(20-15)14-6-5-10-3-1-2-4-12(10)18-14/h1-6H,7-9H2. The summed E-state index contributed by atoms with van der Waals surface area (Å²) in [5, 5.41) is 1.56. The van der Waals surface area contributed by atoms with Gasteiger partial charge in [0.1, 0.15) is 10.8 Å². The molecule has 0 spiro atoms. The molecule has 0 saturated carbocycles. The van der Waals surface area contributed by atoms with Crippen LogP contribution in [-0.4, -0.2) is 21.6 Å². The SMILES string of the molecule is Clc1nc(-c2ccc3ccccc3n2)nc2c1COCC2. The van der Waals surface area contributed by atoms with Crippen LogP contribution >= 0.6 is 11.6 Å². The van der Waals surface area contributed by atoms with E-state index < -0.39 is 0 Å². The number of hydrogen-bond donors (Lipinski definition) is 0. The fraction of sp³-hybridized carbons (Fsp3) is 0.188. The zero-order valence-electron chi connectivity index (χ0n) is 11.2. The normalized spacial score (nSPS) is 14.1. The second-order valence-electron chi connectivity index (χ2n) is 4.96. The van der Waals surface area contributed by atoms with Crippen molar-refractivity contribution in [3.05, 3.63) is 52.8 Å². The molecule has 5 heteroatoms. The lowest BCUT2D eigenvalue weighted by atomic mass is 10.1. The van der Waals surface area contributed by atoms with Gasteiger partial charge in [0, 0.05) is 17.4 Å². The van der Waals surface area contributed by atoms with E-state index in [-0.39, 0.29) is 0 Å². The number of fused-ring (bicyclic) bond motifs is 2. The Morgan fingerprint density at radius 2 is 1.90 bits per heavy atom. The van der Waals surface area contributed by atoms with Gasteiger partial charge in [0.25, 0.3) is 0 Å². The highest BCUT2D eigenvalue weighted by Crippen LogP contribution is 2.26. The molecule has 4 rings (SSSR count). The summed E-state index contributed by atoms with van der Waals surface area (Å²) >= 11 is 6.26. The first kappa shape index (κ1) is 12.7. The zero-order chi connectivity index (χ0) is 14.2. The molecule has 1 aliphatic rings. The van der Waals surface area contributed by atoms with Crippen LogP contribution in [0.4, 0.5) is 0 Å². The molecule has 0 atom stereocenters. The molecule has 4 nitrogen and oxygen atoms in total. The third kappa shape index (κ3) is 2.26. The van der Waals surface area contributed by atoms with Gasteiger partial charge in [0.15, 0.2) is 5.82 Å². The zero-order valence-corrected chi connectivity index (χ0v) is 12.0. The van der Waals surface area contributed by atoms with Crippen molar-refractivity contribution in [1.29, 1.82) is 0 Å². The maximum Gasteiger partial charge on any atom is 0.179 e. The average molecular weight is 298 g/mol. The highest BCUT2D eigenvalue weighted by atomic mass is 35.5. The van der Waals surface area contributed by atoms with Crippen LogP contribution < -0.4 is 0 Å². The minimum Gasteiger partial charge on any atom is -0.376 e. The first-order chi connectivity index (χ1) is 10.3. The number of pyridine rings is 1. The van der Waals surface area contributed by atoms with Crippen molar-refractivity contribution in [2.75, 3.05) is 6.61 Å². The summed E-state index contributed by atoms with van der Waals surface area (Å²) in [6.45, 7) is 1.16. The molecule has 1 aliphatic heterocycles. The second kappa shape index (κ2) is 5.06. The highest BCUT2D eigenvalue weighted by molar-refractivity contribution is 6.30. The molecule has 0 unspecified atom stereocenters. The van der Waals surface area contributed by atoms with E-state index in [9.17, 15) is 0 Å². The number of aromatic nitrogens is 3. The minimum absolute atomic E-state index is 0.463. The van der Waals surface area contributed by atoms with E-state index in [2.05, 4.69) is 15.0 Å². The van der Waals surface area contributed by atoms with Crippen molar-refractivity contribution in [2.45, 2.75) is 13.0 Å². The van der Waals surface area contributed by atoms with E-state index in [1.165, 1.54) is 0 Å². The van der Waals surface area contributed by atoms with Gasteiger partial charge in [-0.3, -0.25) is 0 Å². The van der Waals surface area contributed by atoms with Crippen LogP contribution in [0.5, 0.6) is 0 Å². The second-order valence-corrected chi connectivity index (χ2v) is 5.31. The Morgan fingerprint density at radius 3 is 2.86 bits per heavy atom. The molecule has 0 N–H and O–H groups in total. The summed E-state index contributed by atoms with van der Waals surface area (Å²) in [5.41, 5.74) is 3.53. The topological polar surface area (TPSA) is 47.9 Å². The number of halogens is 1. The van der Waals surface area contributed by atoms with Crippen LogP contribution in [0.1, 0.15) is 11.3 Å². The lowest BCUT2D eigenvalue weighted by Crippen LogP contribution is -2.14. The molecule has 0 radical (unpaired) electrons. The third-order valence-electron chi connectivity index (χ3n) is 3.60. The lowest BCUT2D eigenvalue weighted by molar-refractivity contribution is 0.109. The first-order valence-corrected chi connectivity index (χ1v) is 7.18. The fourth-order valence-corrected chi connectivity index (χ4v) is 2.74. The Morgan fingerprint density at radius 1 is 1.00 bits per heavy atom. The summed E-state index contributed by atoms with van der Waals surface area (Å²) < 4.78 is 5.40. The number of benzene rings is 1. The van der Waals surface area contributed by atoms with Crippen LogP contribution in [0.15, 0.2) is 36.4 Å². The van der Waals surface area contributed by atoms with Crippen molar-refractivity contribution in [3.63, 3.8) is 0 Å². The summed E-state index contributed by atoms with van der Waals surface area (Å²) in [4.78, 5) is 13.6. The molecule has 2 aromatic heterocycles. The van der Waals surface area contributed by atoms with Gasteiger partial charge in [0.05, 0.1) is 24.4 Å². The van der Waals surface area contributed by atoms with E-state index in [4.69, 9.17) is 16.3 Å². The van der Waals surface area contributed by atoms with Gasteiger partial charge < -0.3 is 4.74 Å². The largest absolute Gasteiger partial charge is 0.376 e. The molecular formula is C16H12ClN3O. The minimum atomic E-state index is 0.463. The van der Waals surface area contributed by atoms with Crippen LogP contribution in [0.2, 0.25) is 5.15 Å². The molecule has 104 valence electrons. The van der Waals surface area contributed by atoms with Crippen LogP contribution in [0.3, 0.4) is 0 Å². The van der Waals surface area contributed by atoms with Gasteiger partial charge in [-0.2, -0.15) is 0 Å². The molecule has 0 aliphatic carbocycles. The maximum atomic E-state index is 6.26. The Labute approximate surface area is 126 Å². The van der Waals surface area contributed by atoms with E-state index in [1.54, 1.807) is 0 Å². The summed E-state index contributed by atoms with van der Waals surface area (Å²) in [7, 11) is 0. The fourth-order valence-electron chi connectivity index (χ4n) is 2.50. The number of para-hydroxylation sites is 1. The Kier molecular flexibility index (Phi) is 3.05. The van der Waals surface area contributed by atoms with Crippen molar-refractivity contribution in [1.82, 2.24) is 15.0 Å². The Hall–Kier alpha value is -2.04. The predicted octanol–water partition coefficient (Wildman–Crippen LogP) is 3.42. The number of rotatable bonds is 1. The van der Waals surface area contributed by atoms with Crippen LogP contribution in [0.25, 0.3) is 22.4 Å². The molecule has 3 heterocycles. The average Bonchev–Trinajstić information content (AvgIpc) is 2.54. The molecular weight excluding hydrogens is 286 g/mol. The van der Waals surface area contributed by atoms with Gasteiger partial charge in [-0.1, -0.05) is 35.9 Å². The van der Waals surface area contributed by atoms with Crippen molar-refractivity contribution < 1.29 is 4.74 Å². The molecule has 0 saturated heterocycles. The quantitative estimate of drug-likeness (QED) is 0.646. The Bertz CT molecular complexity index is 835. The predicted molar refractivity (Wildman–Crippen MR) is 81.1 cm³/mol. The number of hydrogen-bond acceptors (Lipinski definition) is 4. The lowest BCUT2D eigenvalue weighted by Gasteiger charge is -2.17. The summed E-state index contributed by atoms with van der Waals surface area (Å²) in [6.07, 6.45) is 0.762. The molecule has 0 fully saturated rings. The van der Waals surface area contributed by atoms with E-state index in [0.29, 0.717) is 24.2 Å². The molecule has 0 amide bonds. The highest BCUT2D eigenvalue weighted by Gasteiger charge is 2.18. The van der Waals surface area contributed by atoms with E-state index >= 15 is 0 Å². The van der Waals surface area contributed by atoms with Gasteiger partial charge in [-0.15, -0.1) is 0 Å². The number of nitrogens with zero attached hydrogens (tertiary/aromatic N) is 3. The molecule has 1 aromatic carbocycles. The van der Waals surface area contributed by atoms with Crippen LogP contribution in [0, 0.1) is 0 Å². The Balaban J connectivity index is 1.86. The van der Waals surface area contributed by atoms with Crippen molar-refractivity contribution in [3.8, 4) is 11.5 Å².